The van der Waals surface area contributed by atoms with Gasteiger partial charge in [0.25, 0.3) is 0 Å². The van der Waals surface area contributed by atoms with Crippen molar-refractivity contribution in [3.05, 3.63) is 35.9 Å². The van der Waals surface area contributed by atoms with Crippen LogP contribution in [-0.4, -0.2) is 11.2 Å². The van der Waals surface area contributed by atoms with Crippen molar-refractivity contribution in [3.63, 3.8) is 0 Å². The number of carbonyl (C=O) groups excluding carboxylic acids is 1. The number of rotatable bonds is 3. The number of carbonyl (C=O) groups is 1. The molecule has 0 aliphatic carbocycles. The topological polar surface area (TPSA) is 43.1 Å². The van der Waals surface area contributed by atoms with Gasteiger partial charge in [0.1, 0.15) is 0 Å². The lowest BCUT2D eigenvalue weighted by atomic mass is 10.1. The molecule has 1 rings (SSSR count). The van der Waals surface area contributed by atoms with Crippen LogP contribution < -0.4 is 5.73 Å². The third kappa shape index (κ3) is 2.68. The van der Waals surface area contributed by atoms with Crippen molar-refractivity contribution >= 4 is 17.7 Å². The van der Waals surface area contributed by atoms with Crippen LogP contribution >= 0.6 is 12.6 Å². The highest BCUT2D eigenvalue weighted by molar-refractivity contribution is 7.96. The largest absolute Gasteiger partial charge is 0.320 e. The van der Waals surface area contributed by atoms with Crippen molar-refractivity contribution in [1.29, 1.82) is 0 Å². The van der Waals surface area contributed by atoms with E-state index in [9.17, 15) is 4.79 Å². The lowest BCUT2D eigenvalue weighted by Crippen LogP contribution is -2.29. The van der Waals surface area contributed by atoms with Gasteiger partial charge < -0.3 is 5.73 Å². The van der Waals surface area contributed by atoms with Gasteiger partial charge in [-0.3, -0.25) is 4.79 Å². The Kier molecular flexibility index (Phi) is 3.31. The van der Waals surface area contributed by atoms with Crippen molar-refractivity contribution in [2.24, 2.45) is 5.73 Å². The Morgan fingerprint density at radius 2 is 2.00 bits per heavy atom. The van der Waals surface area contributed by atoms with Gasteiger partial charge in [-0.15, -0.1) is 12.6 Å². The molecule has 1 unspecified atom stereocenters. The Morgan fingerprint density at radius 1 is 1.42 bits per heavy atom. The second kappa shape index (κ2) is 4.28. The summed E-state index contributed by atoms with van der Waals surface area (Å²) in [5.74, 6) is 0. The molecule has 2 N–H and O–H groups in total. The highest BCUT2D eigenvalue weighted by Gasteiger charge is 2.08. The molecule has 3 heteroatoms. The van der Waals surface area contributed by atoms with Gasteiger partial charge in [0, 0.05) is 0 Å². The fourth-order valence-electron chi connectivity index (χ4n) is 0.955. The summed E-state index contributed by atoms with van der Waals surface area (Å²) in [6, 6.07) is 9.16. The van der Waals surface area contributed by atoms with Crippen LogP contribution in [0.15, 0.2) is 30.3 Å². The molecule has 1 aromatic rings. The van der Waals surface area contributed by atoms with Gasteiger partial charge in [-0.05, 0) is 12.0 Å². The van der Waals surface area contributed by atoms with Crippen LogP contribution in [0.3, 0.4) is 0 Å². The summed E-state index contributed by atoms with van der Waals surface area (Å²) >= 11 is 3.66. The monoisotopic (exact) mass is 181 g/mol. The van der Waals surface area contributed by atoms with E-state index in [0.717, 1.165) is 5.56 Å². The van der Waals surface area contributed by atoms with Gasteiger partial charge in [-0.1, -0.05) is 30.3 Å². The zero-order valence-electron chi connectivity index (χ0n) is 6.60. The fraction of sp³-hybridized carbons (Fsp3) is 0.222. The van der Waals surface area contributed by atoms with E-state index in [0.29, 0.717) is 6.42 Å². The van der Waals surface area contributed by atoms with E-state index >= 15 is 0 Å². The van der Waals surface area contributed by atoms with Gasteiger partial charge in [0.15, 0.2) is 0 Å². The molecule has 0 spiro atoms. The third-order valence-electron chi connectivity index (χ3n) is 1.62. The molecule has 0 fully saturated rings. The fourth-order valence-corrected chi connectivity index (χ4v) is 1.05. The Balaban J connectivity index is 2.58. The normalized spacial score (nSPS) is 12.5. The summed E-state index contributed by atoms with van der Waals surface area (Å²) in [5.41, 5.74) is 6.58. The number of hydrogen-bond acceptors (Lipinski definition) is 2. The highest BCUT2D eigenvalue weighted by Crippen LogP contribution is 2.02. The first-order valence-corrected chi connectivity index (χ1v) is 4.17. The Morgan fingerprint density at radius 3 is 2.50 bits per heavy atom. The van der Waals surface area contributed by atoms with Crippen molar-refractivity contribution in [1.82, 2.24) is 0 Å². The molecule has 0 radical (unpaired) electrons. The Bertz CT molecular complexity index is 260. The van der Waals surface area contributed by atoms with Crippen LogP contribution in [0.2, 0.25) is 0 Å². The maximum atomic E-state index is 10.7. The van der Waals surface area contributed by atoms with Crippen LogP contribution in [0.4, 0.5) is 0 Å². The van der Waals surface area contributed by atoms with E-state index in [1.807, 2.05) is 30.3 Å². The highest BCUT2D eigenvalue weighted by atomic mass is 32.1. The molecule has 0 aliphatic heterocycles. The number of hydrogen-bond donors (Lipinski definition) is 2. The van der Waals surface area contributed by atoms with Gasteiger partial charge in [-0.25, -0.2) is 0 Å². The average molecular weight is 181 g/mol. The number of thiol groups is 1. The lowest BCUT2D eigenvalue weighted by Gasteiger charge is -2.05. The lowest BCUT2D eigenvalue weighted by molar-refractivity contribution is -0.111. The molecule has 1 atom stereocenters. The van der Waals surface area contributed by atoms with E-state index in [1.165, 1.54) is 0 Å². The van der Waals surface area contributed by atoms with Gasteiger partial charge in [0.2, 0.25) is 5.12 Å². The average Bonchev–Trinajstić information content (AvgIpc) is 2.06. The predicted octanol–water partition coefficient (Wildman–Crippen LogP) is 1.01. The van der Waals surface area contributed by atoms with Crippen LogP contribution in [0.5, 0.6) is 0 Å². The maximum Gasteiger partial charge on any atom is 0.202 e. The number of nitrogens with two attached hydrogens (primary N) is 1. The van der Waals surface area contributed by atoms with E-state index in [1.54, 1.807) is 0 Å². The zero-order chi connectivity index (χ0) is 8.97. The van der Waals surface area contributed by atoms with E-state index in [2.05, 4.69) is 12.6 Å². The molecule has 0 aromatic heterocycles. The molecule has 64 valence electrons. The first-order valence-electron chi connectivity index (χ1n) is 3.72. The van der Waals surface area contributed by atoms with Crippen LogP contribution in [0.25, 0.3) is 0 Å². The Labute approximate surface area is 77.2 Å². The number of benzene rings is 1. The van der Waals surface area contributed by atoms with Gasteiger partial charge in [-0.2, -0.15) is 0 Å². The van der Waals surface area contributed by atoms with Crippen molar-refractivity contribution in [2.75, 3.05) is 0 Å². The van der Waals surface area contributed by atoms with Crippen molar-refractivity contribution < 1.29 is 4.79 Å². The smallest absolute Gasteiger partial charge is 0.202 e. The summed E-state index contributed by atoms with van der Waals surface area (Å²) in [5, 5.41) is -0.265. The van der Waals surface area contributed by atoms with E-state index < -0.39 is 6.04 Å². The minimum atomic E-state index is -0.490. The Hall–Kier alpha value is -0.800. The molecule has 0 aliphatic rings. The standard InChI is InChI=1S/C9H11NOS/c10-8(9(11)12)6-7-4-2-1-3-5-7/h1-5,8H,6,10H2,(H,11,12). The van der Waals surface area contributed by atoms with Gasteiger partial charge in [0.05, 0.1) is 6.04 Å². The molecule has 0 saturated heterocycles. The maximum absolute atomic E-state index is 10.7. The molecule has 0 saturated carbocycles. The quantitative estimate of drug-likeness (QED) is 0.683. The molecular formula is C9H11NOS. The first-order chi connectivity index (χ1) is 5.70. The zero-order valence-corrected chi connectivity index (χ0v) is 7.50. The van der Waals surface area contributed by atoms with Crippen molar-refractivity contribution in [2.45, 2.75) is 12.5 Å². The minimum Gasteiger partial charge on any atom is -0.320 e. The summed E-state index contributed by atoms with van der Waals surface area (Å²) in [4.78, 5) is 10.7. The summed E-state index contributed by atoms with van der Waals surface area (Å²) in [6.07, 6.45) is 0.559. The van der Waals surface area contributed by atoms with Gasteiger partial charge >= 0.3 is 0 Å². The second-order valence-electron chi connectivity index (χ2n) is 2.63. The van der Waals surface area contributed by atoms with E-state index in [4.69, 9.17) is 5.73 Å². The second-order valence-corrected chi connectivity index (χ2v) is 3.08. The molecule has 2 nitrogen and oxygen atoms in total. The predicted molar refractivity (Wildman–Crippen MR) is 52.1 cm³/mol. The van der Waals surface area contributed by atoms with Crippen LogP contribution in [-0.2, 0) is 11.2 Å². The minimum absolute atomic E-state index is 0.265. The first kappa shape index (κ1) is 9.29. The van der Waals surface area contributed by atoms with Crippen molar-refractivity contribution in [3.8, 4) is 0 Å². The third-order valence-corrected chi connectivity index (χ3v) is 1.95. The SMILES string of the molecule is NC(Cc1ccccc1)C(=O)S. The van der Waals surface area contributed by atoms with Crippen LogP contribution in [0, 0.1) is 0 Å². The molecule has 12 heavy (non-hydrogen) atoms. The molecule has 1 aromatic carbocycles. The molecule has 0 amide bonds. The summed E-state index contributed by atoms with van der Waals surface area (Å²) in [6.45, 7) is 0. The molecular weight excluding hydrogens is 170 g/mol. The molecule has 0 heterocycles. The van der Waals surface area contributed by atoms with Crippen LogP contribution in [0.1, 0.15) is 5.56 Å². The van der Waals surface area contributed by atoms with E-state index in [-0.39, 0.29) is 5.12 Å². The summed E-state index contributed by atoms with van der Waals surface area (Å²) < 4.78 is 0. The summed E-state index contributed by atoms with van der Waals surface area (Å²) in [7, 11) is 0. The molecule has 0 bridgehead atoms.